The van der Waals surface area contributed by atoms with Crippen LogP contribution in [0.15, 0.2) is 34.9 Å². The van der Waals surface area contributed by atoms with Crippen LogP contribution in [0.25, 0.3) is 0 Å². The van der Waals surface area contributed by atoms with Crippen molar-refractivity contribution in [2.45, 2.75) is 45.1 Å². The number of aryl methyl sites for hydroxylation is 2. The highest BCUT2D eigenvalue weighted by atomic mass is 79.9. The molecule has 1 aliphatic rings. The molecule has 2 atom stereocenters. The van der Waals surface area contributed by atoms with Gasteiger partial charge in [-0.25, -0.2) is 4.68 Å². The van der Waals surface area contributed by atoms with Crippen LogP contribution in [-0.2, 0) is 13.6 Å². The van der Waals surface area contributed by atoms with Crippen molar-refractivity contribution in [3.05, 3.63) is 63.0 Å². The second-order valence-electron chi connectivity index (χ2n) is 7.85. The van der Waals surface area contributed by atoms with E-state index in [1.165, 1.54) is 6.20 Å². The summed E-state index contributed by atoms with van der Waals surface area (Å²) in [5.41, 5.74) is 3.33. The number of rotatable bonds is 4. The summed E-state index contributed by atoms with van der Waals surface area (Å²) in [5, 5.41) is 14.1. The number of nitrogens with zero attached hydrogens (tertiary/aromatic N) is 4. The number of hydrogen-bond acceptors (Lipinski definition) is 4. The quantitative estimate of drug-likeness (QED) is 0.538. The maximum absolute atomic E-state index is 13.8. The molecule has 0 saturated heterocycles. The Hall–Kier alpha value is -2.82. The maximum Gasteiger partial charge on any atom is 0.410 e. The molecule has 11 heteroatoms. The molecule has 0 fully saturated rings. The minimum atomic E-state index is -4.51. The Labute approximate surface area is 191 Å². The van der Waals surface area contributed by atoms with Gasteiger partial charge in [0, 0.05) is 35.7 Å². The SMILES string of the molecule is Cc1nn(C)c(C)c1CNC(=O)c1cnn2c1NC(c1ccc(Br)cc1)CC2C(F)(F)F. The lowest BCUT2D eigenvalue weighted by molar-refractivity contribution is -0.173. The number of fused-ring (bicyclic) bond motifs is 1. The van der Waals surface area contributed by atoms with E-state index >= 15 is 0 Å². The molecule has 0 radical (unpaired) electrons. The van der Waals surface area contributed by atoms with Gasteiger partial charge in [0.2, 0.25) is 0 Å². The number of alkyl halides is 3. The summed E-state index contributed by atoms with van der Waals surface area (Å²) in [6, 6.07) is 4.62. The lowest BCUT2D eigenvalue weighted by atomic mass is 9.96. The van der Waals surface area contributed by atoms with Gasteiger partial charge >= 0.3 is 6.18 Å². The van der Waals surface area contributed by atoms with Crippen LogP contribution >= 0.6 is 15.9 Å². The summed E-state index contributed by atoms with van der Waals surface area (Å²) in [4.78, 5) is 12.9. The molecular formula is C21H22BrF3N6O. The lowest BCUT2D eigenvalue weighted by Gasteiger charge is -2.34. The number of carbonyl (C=O) groups excluding carboxylic acids is 1. The zero-order valence-electron chi connectivity index (χ0n) is 17.7. The molecule has 3 heterocycles. The maximum atomic E-state index is 13.8. The average molecular weight is 511 g/mol. The second kappa shape index (κ2) is 8.27. The van der Waals surface area contributed by atoms with Crippen LogP contribution in [-0.4, -0.2) is 31.6 Å². The highest BCUT2D eigenvalue weighted by molar-refractivity contribution is 9.10. The number of anilines is 1. The Balaban J connectivity index is 1.63. The van der Waals surface area contributed by atoms with E-state index in [0.717, 1.165) is 26.1 Å². The zero-order chi connectivity index (χ0) is 23.2. The number of benzene rings is 1. The van der Waals surface area contributed by atoms with E-state index in [2.05, 4.69) is 36.8 Å². The molecule has 1 aliphatic heterocycles. The molecule has 1 amide bonds. The molecule has 2 N–H and O–H groups in total. The fourth-order valence-electron chi connectivity index (χ4n) is 3.98. The van der Waals surface area contributed by atoms with Crippen molar-refractivity contribution in [1.82, 2.24) is 24.9 Å². The van der Waals surface area contributed by atoms with E-state index in [9.17, 15) is 18.0 Å². The second-order valence-corrected chi connectivity index (χ2v) is 8.76. The third-order valence-corrected chi connectivity index (χ3v) is 6.37. The molecule has 0 saturated carbocycles. The van der Waals surface area contributed by atoms with E-state index < -0.39 is 24.2 Å². The molecule has 4 rings (SSSR count). The number of hydrogen-bond donors (Lipinski definition) is 2. The smallest absolute Gasteiger partial charge is 0.363 e. The Kier molecular flexibility index (Phi) is 5.78. The number of halogens is 4. The van der Waals surface area contributed by atoms with Crippen LogP contribution < -0.4 is 10.6 Å². The monoisotopic (exact) mass is 510 g/mol. The number of carbonyl (C=O) groups is 1. The van der Waals surface area contributed by atoms with Gasteiger partial charge in [0.05, 0.1) is 17.9 Å². The highest BCUT2D eigenvalue weighted by Crippen LogP contribution is 2.44. The molecule has 1 aromatic carbocycles. The fourth-order valence-corrected chi connectivity index (χ4v) is 4.24. The van der Waals surface area contributed by atoms with E-state index in [4.69, 9.17) is 0 Å². The Bertz CT molecular complexity index is 1150. The topological polar surface area (TPSA) is 76.8 Å². The average Bonchev–Trinajstić information content (AvgIpc) is 3.26. The molecular weight excluding hydrogens is 489 g/mol. The van der Waals surface area contributed by atoms with Gasteiger partial charge in [0.15, 0.2) is 6.04 Å². The predicted octanol–water partition coefficient (Wildman–Crippen LogP) is 4.59. The Morgan fingerprint density at radius 1 is 1.28 bits per heavy atom. The largest absolute Gasteiger partial charge is 0.410 e. The first-order valence-electron chi connectivity index (χ1n) is 9.99. The van der Waals surface area contributed by atoms with Crippen LogP contribution in [0.2, 0.25) is 0 Å². The van der Waals surface area contributed by atoms with Crippen LogP contribution in [0.3, 0.4) is 0 Å². The van der Waals surface area contributed by atoms with Crippen molar-refractivity contribution in [2.24, 2.45) is 7.05 Å². The molecule has 0 aliphatic carbocycles. The van der Waals surface area contributed by atoms with Gasteiger partial charge in [0.1, 0.15) is 11.4 Å². The van der Waals surface area contributed by atoms with Gasteiger partial charge in [0.25, 0.3) is 5.91 Å². The van der Waals surface area contributed by atoms with Crippen LogP contribution in [0.4, 0.5) is 19.0 Å². The van der Waals surface area contributed by atoms with Crippen molar-refractivity contribution in [3.8, 4) is 0 Å². The summed E-state index contributed by atoms with van der Waals surface area (Å²) in [5.74, 6) is -0.442. The first-order chi connectivity index (χ1) is 15.1. The Morgan fingerprint density at radius 2 is 1.97 bits per heavy atom. The third kappa shape index (κ3) is 4.13. The molecule has 3 aromatic rings. The lowest BCUT2D eigenvalue weighted by Crippen LogP contribution is -2.36. The van der Waals surface area contributed by atoms with Gasteiger partial charge in [-0.2, -0.15) is 23.4 Å². The zero-order valence-corrected chi connectivity index (χ0v) is 19.3. The minimum Gasteiger partial charge on any atom is -0.363 e. The van der Waals surface area contributed by atoms with E-state index in [0.29, 0.717) is 5.56 Å². The fraction of sp³-hybridized carbons (Fsp3) is 0.381. The van der Waals surface area contributed by atoms with Crippen molar-refractivity contribution < 1.29 is 18.0 Å². The van der Waals surface area contributed by atoms with Crippen molar-refractivity contribution >= 4 is 27.7 Å². The number of aromatic nitrogens is 4. The summed E-state index contributed by atoms with van der Waals surface area (Å²) >= 11 is 3.34. The number of amides is 1. The molecule has 0 spiro atoms. The highest BCUT2D eigenvalue weighted by Gasteiger charge is 2.47. The van der Waals surface area contributed by atoms with Gasteiger partial charge in [-0.05, 0) is 31.5 Å². The summed E-state index contributed by atoms with van der Waals surface area (Å²) in [7, 11) is 1.81. The van der Waals surface area contributed by atoms with Crippen molar-refractivity contribution in [1.29, 1.82) is 0 Å². The molecule has 2 aromatic heterocycles. The minimum absolute atomic E-state index is 0.0589. The van der Waals surface area contributed by atoms with E-state index in [1.54, 1.807) is 28.9 Å². The Morgan fingerprint density at radius 3 is 2.56 bits per heavy atom. The van der Waals surface area contributed by atoms with E-state index in [-0.39, 0.29) is 24.3 Å². The summed E-state index contributed by atoms with van der Waals surface area (Å²) in [6.45, 7) is 3.95. The first-order valence-corrected chi connectivity index (χ1v) is 10.8. The van der Waals surface area contributed by atoms with Gasteiger partial charge < -0.3 is 10.6 Å². The summed E-state index contributed by atoms with van der Waals surface area (Å²) in [6.07, 6.45) is -3.55. The van der Waals surface area contributed by atoms with Crippen molar-refractivity contribution in [2.75, 3.05) is 5.32 Å². The third-order valence-electron chi connectivity index (χ3n) is 5.84. The number of nitrogens with one attached hydrogen (secondary N) is 2. The van der Waals surface area contributed by atoms with Gasteiger partial charge in [-0.1, -0.05) is 28.1 Å². The first kappa shape index (κ1) is 22.4. The molecule has 170 valence electrons. The summed E-state index contributed by atoms with van der Waals surface area (Å²) < 4.78 is 44.9. The predicted molar refractivity (Wildman–Crippen MR) is 116 cm³/mol. The van der Waals surface area contributed by atoms with Gasteiger partial charge in [-0.15, -0.1) is 0 Å². The normalized spacial score (nSPS) is 18.2. The van der Waals surface area contributed by atoms with Crippen molar-refractivity contribution in [3.63, 3.8) is 0 Å². The molecule has 2 unspecified atom stereocenters. The van der Waals surface area contributed by atoms with Gasteiger partial charge in [-0.3, -0.25) is 9.48 Å². The van der Waals surface area contributed by atoms with Crippen LogP contribution in [0.5, 0.6) is 0 Å². The van der Waals surface area contributed by atoms with Crippen LogP contribution in [0, 0.1) is 13.8 Å². The molecule has 0 bridgehead atoms. The van der Waals surface area contributed by atoms with E-state index in [1.807, 2.05) is 20.9 Å². The van der Waals surface area contributed by atoms with Crippen LogP contribution in [0.1, 0.15) is 51.4 Å². The molecule has 32 heavy (non-hydrogen) atoms. The standard InChI is InChI=1S/C21H22BrF3N6O/c1-11-15(12(2)30(3)29-11)9-26-20(32)16-10-27-31-18(21(23,24)25)8-17(28-19(16)31)13-4-6-14(22)7-5-13/h4-7,10,17-18,28H,8-9H2,1-3H3,(H,26,32). The molecule has 7 nitrogen and oxygen atoms in total.